The van der Waals surface area contributed by atoms with Gasteiger partial charge in [-0.05, 0) is 74.7 Å². The van der Waals surface area contributed by atoms with E-state index in [1.807, 2.05) is 18.2 Å². The molecule has 1 unspecified atom stereocenters. The molecular formula is C32H23Cl. The third-order valence-corrected chi connectivity index (χ3v) is 7.41. The van der Waals surface area contributed by atoms with Crippen LogP contribution in [0.25, 0.3) is 27.8 Å². The first-order chi connectivity index (χ1) is 16.2. The smallest absolute Gasteiger partial charge is 0.0728 e. The monoisotopic (exact) mass is 442 g/mol. The second-order valence-corrected chi connectivity index (χ2v) is 9.15. The number of benzene rings is 4. The molecule has 0 saturated carbocycles. The van der Waals surface area contributed by atoms with Crippen LogP contribution in [0.2, 0.25) is 5.02 Å². The van der Waals surface area contributed by atoms with Gasteiger partial charge < -0.3 is 0 Å². The van der Waals surface area contributed by atoms with Gasteiger partial charge in [0, 0.05) is 5.02 Å². The largest absolute Gasteiger partial charge is 0.0991 e. The van der Waals surface area contributed by atoms with Gasteiger partial charge in [0.15, 0.2) is 0 Å². The fourth-order valence-corrected chi connectivity index (χ4v) is 6.04. The third-order valence-electron chi connectivity index (χ3n) is 7.16. The Kier molecular flexibility index (Phi) is 4.54. The van der Waals surface area contributed by atoms with Crippen LogP contribution in [0.3, 0.4) is 0 Å². The van der Waals surface area contributed by atoms with Crippen molar-refractivity contribution in [3.63, 3.8) is 0 Å². The summed E-state index contributed by atoms with van der Waals surface area (Å²) >= 11 is 6.25. The van der Waals surface area contributed by atoms with Gasteiger partial charge in [-0.1, -0.05) is 115 Å². The molecule has 0 radical (unpaired) electrons. The average Bonchev–Trinajstić information content (AvgIpc) is 3.29. The zero-order chi connectivity index (χ0) is 22.6. The van der Waals surface area contributed by atoms with Crippen molar-refractivity contribution in [3.8, 4) is 22.3 Å². The first kappa shape index (κ1) is 20.0. The van der Waals surface area contributed by atoms with Gasteiger partial charge in [0.25, 0.3) is 0 Å². The van der Waals surface area contributed by atoms with Gasteiger partial charge in [-0.3, -0.25) is 0 Å². The number of halogens is 1. The lowest BCUT2D eigenvalue weighted by atomic mass is 9.67. The van der Waals surface area contributed by atoms with Gasteiger partial charge >= 0.3 is 0 Å². The summed E-state index contributed by atoms with van der Waals surface area (Å²) in [4.78, 5) is 0. The van der Waals surface area contributed by atoms with Crippen molar-refractivity contribution in [2.45, 2.75) is 12.3 Å². The van der Waals surface area contributed by atoms with Crippen molar-refractivity contribution >= 4 is 17.2 Å². The van der Waals surface area contributed by atoms with E-state index in [-0.39, 0.29) is 5.41 Å². The SMILES string of the molecule is C=C/C=C\C1=C(C)c2ccccc2C12c1ccccc1-c1cccc(-c3ccc(Cl)cc3)c12. The summed E-state index contributed by atoms with van der Waals surface area (Å²) in [7, 11) is 0. The quantitative estimate of drug-likeness (QED) is 0.278. The molecule has 0 aromatic heterocycles. The Labute approximate surface area is 200 Å². The van der Waals surface area contributed by atoms with Crippen LogP contribution in [0.5, 0.6) is 0 Å². The number of hydrogen-bond donors (Lipinski definition) is 0. The second-order valence-electron chi connectivity index (χ2n) is 8.71. The standard InChI is InChI=1S/C32H23Cl/c1-3-4-14-28-21(2)24-10-5-7-15-29(24)32(28)30-16-8-6-11-26(30)27-13-9-12-25(31(27)32)22-17-19-23(33)20-18-22/h3-20H,1H2,2H3/b14-4-. The van der Waals surface area contributed by atoms with Crippen molar-refractivity contribution in [3.05, 3.63) is 149 Å². The molecule has 0 bridgehead atoms. The minimum absolute atomic E-state index is 0.373. The van der Waals surface area contributed by atoms with Crippen LogP contribution in [0.1, 0.15) is 29.2 Å². The molecule has 158 valence electrons. The van der Waals surface area contributed by atoms with Crippen LogP contribution in [-0.4, -0.2) is 0 Å². The molecule has 1 heteroatoms. The van der Waals surface area contributed by atoms with Crippen molar-refractivity contribution in [2.24, 2.45) is 0 Å². The van der Waals surface area contributed by atoms with E-state index in [1.54, 1.807) is 0 Å². The van der Waals surface area contributed by atoms with Crippen LogP contribution >= 0.6 is 11.6 Å². The maximum Gasteiger partial charge on any atom is 0.0728 e. The zero-order valence-corrected chi connectivity index (χ0v) is 19.2. The Balaban J connectivity index is 1.80. The summed E-state index contributed by atoms with van der Waals surface area (Å²) in [5.74, 6) is 0. The van der Waals surface area contributed by atoms with Gasteiger partial charge in [-0.15, -0.1) is 0 Å². The fraction of sp³-hybridized carbons (Fsp3) is 0.0625. The zero-order valence-electron chi connectivity index (χ0n) is 18.5. The molecule has 0 amide bonds. The predicted octanol–water partition coefficient (Wildman–Crippen LogP) is 8.85. The summed E-state index contributed by atoms with van der Waals surface area (Å²) in [5, 5.41) is 0.751. The van der Waals surface area contributed by atoms with E-state index in [0.29, 0.717) is 0 Å². The molecule has 4 aromatic carbocycles. The van der Waals surface area contributed by atoms with Crippen molar-refractivity contribution < 1.29 is 0 Å². The lowest BCUT2D eigenvalue weighted by molar-refractivity contribution is 0.788. The summed E-state index contributed by atoms with van der Waals surface area (Å²) < 4.78 is 0. The molecule has 0 nitrogen and oxygen atoms in total. The number of fused-ring (bicyclic) bond motifs is 7. The van der Waals surface area contributed by atoms with Crippen molar-refractivity contribution in [1.29, 1.82) is 0 Å². The lowest BCUT2D eigenvalue weighted by Gasteiger charge is -2.33. The molecule has 0 N–H and O–H groups in total. The van der Waals surface area contributed by atoms with Gasteiger partial charge in [0.05, 0.1) is 5.41 Å². The predicted molar refractivity (Wildman–Crippen MR) is 141 cm³/mol. The first-order valence-electron chi connectivity index (χ1n) is 11.3. The first-order valence-corrected chi connectivity index (χ1v) is 11.7. The molecule has 33 heavy (non-hydrogen) atoms. The van der Waals surface area contributed by atoms with Gasteiger partial charge in [0.2, 0.25) is 0 Å². The summed E-state index contributed by atoms with van der Waals surface area (Å²) in [6.07, 6.45) is 6.19. The van der Waals surface area contributed by atoms with E-state index in [9.17, 15) is 0 Å². The van der Waals surface area contributed by atoms with Crippen LogP contribution in [-0.2, 0) is 5.41 Å². The second kappa shape index (κ2) is 7.47. The summed E-state index contributed by atoms with van der Waals surface area (Å²) in [5.41, 5.74) is 12.6. The van der Waals surface area contributed by atoms with E-state index in [1.165, 1.54) is 55.7 Å². The number of hydrogen-bond acceptors (Lipinski definition) is 0. The Bertz CT molecular complexity index is 1480. The highest BCUT2D eigenvalue weighted by Gasteiger charge is 2.52. The molecule has 2 aliphatic rings. The van der Waals surface area contributed by atoms with Crippen LogP contribution in [0.4, 0.5) is 0 Å². The van der Waals surface area contributed by atoms with Crippen LogP contribution < -0.4 is 0 Å². The molecule has 0 saturated heterocycles. The number of allylic oxidation sites excluding steroid dienone is 5. The minimum Gasteiger partial charge on any atom is -0.0991 e. The molecule has 6 rings (SSSR count). The highest BCUT2D eigenvalue weighted by atomic mass is 35.5. The van der Waals surface area contributed by atoms with E-state index in [2.05, 4.69) is 105 Å². The van der Waals surface area contributed by atoms with Crippen LogP contribution in [0.15, 0.2) is 121 Å². The molecule has 1 atom stereocenters. The van der Waals surface area contributed by atoms with E-state index in [4.69, 9.17) is 11.6 Å². The van der Waals surface area contributed by atoms with E-state index < -0.39 is 0 Å². The molecule has 2 aliphatic carbocycles. The lowest BCUT2D eigenvalue weighted by Crippen LogP contribution is -2.27. The maximum atomic E-state index is 6.25. The molecule has 0 aliphatic heterocycles. The van der Waals surface area contributed by atoms with Crippen molar-refractivity contribution in [2.75, 3.05) is 0 Å². The molecule has 0 heterocycles. The molecular weight excluding hydrogens is 420 g/mol. The topological polar surface area (TPSA) is 0 Å². The minimum atomic E-state index is -0.373. The molecule has 0 fully saturated rings. The Morgan fingerprint density at radius 3 is 2.03 bits per heavy atom. The third kappa shape index (κ3) is 2.65. The Hall–Kier alpha value is -3.61. The van der Waals surface area contributed by atoms with Gasteiger partial charge in [-0.2, -0.15) is 0 Å². The normalized spacial score (nSPS) is 18.0. The summed E-state index contributed by atoms with van der Waals surface area (Å²) in [6, 6.07) is 32.7. The highest BCUT2D eigenvalue weighted by molar-refractivity contribution is 6.30. The number of rotatable bonds is 3. The van der Waals surface area contributed by atoms with Gasteiger partial charge in [-0.25, -0.2) is 0 Å². The summed E-state index contributed by atoms with van der Waals surface area (Å²) in [6.45, 7) is 6.20. The van der Waals surface area contributed by atoms with Gasteiger partial charge in [0.1, 0.15) is 0 Å². The van der Waals surface area contributed by atoms with Crippen LogP contribution in [0, 0.1) is 0 Å². The molecule has 1 spiro atoms. The average molecular weight is 443 g/mol. The Morgan fingerprint density at radius 2 is 1.30 bits per heavy atom. The molecule has 4 aromatic rings. The fourth-order valence-electron chi connectivity index (χ4n) is 5.91. The van der Waals surface area contributed by atoms with E-state index >= 15 is 0 Å². The van der Waals surface area contributed by atoms with E-state index in [0.717, 1.165) is 5.02 Å². The van der Waals surface area contributed by atoms with Crippen molar-refractivity contribution in [1.82, 2.24) is 0 Å². The maximum absolute atomic E-state index is 6.25. The Morgan fingerprint density at radius 1 is 0.697 bits per heavy atom. The highest BCUT2D eigenvalue weighted by Crippen LogP contribution is 2.63.